The fraction of sp³-hybridized carbons (Fsp3) is 0.273. The van der Waals surface area contributed by atoms with Gasteiger partial charge >= 0.3 is 21.7 Å². The van der Waals surface area contributed by atoms with Crippen molar-refractivity contribution in [2.45, 2.75) is 39.5 Å². The fourth-order valence-corrected chi connectivity index (χ4v) is 6.99. The number of benzene rings is 2. The molecule has 1 aliphatic rings. The summed E-state index contributed by atoms with van der Waals surface area (Å²) in [7, 11) is -1.35. The third-order valence-electron chi connectivity index (χ3n) is 4.60. The average molecular weight is 472 g/mol. The standard InChI is InChI=1S/C22H25Si.3ClH.Ti/c1-3-4-11-19-16-18(2)17-22(19)23(20-12-7-5-8-13-20)21-14-9-6-10-15-21;;;;/h5-10,12-15,23H,3-4,11,17H2,1-2H3;3*1H;/q-1;;;;+4/p-3. The third-order valence-corrected chi connectivity index (χ3v) is 7.95. The molecule has 0 saturated heterocycles. The van der Waals surface area contributed by atoms with Gasteiger partial charge in [0, 0.05) is 8.80 Å². The summed E-state index contributed by atoms with van der Waals surface area (Å²) < 4.78 is 0. The van der Waals surface area contributed by atoms with Crippen LogP contribution in [0.25, 0.3) is 0 Å². The summed E-state index contributed by atoms with van der Waals surface area (Å²) in [5.74, 6) is 0. The van der Waals surface area contributed by atoms with Crippen molar-refractivity contribution < 1.29 is 58.9 Å². The van der Waals surface area contributed by atoms with Gasteiger partial charge in [-0.1, -0.05) is 111 Å². The van der Waals surface area contributed by atoms with Gasteiger partial charge in [0.05, 0.1) is 0 Å². The number of unbranched alkanes of at least 4 members (excludes halogenated alkanes) is 1. The van der Waals surface area contributed by atoms with Crippen LogP contribution in [0.1, 0.15) is 39.5 Å². The quantitative estimate of drug-likeness (QED) is 0.293. The summed E-state index contributed by atoms with van der Waals surface area (Å²) in [6.07, 6.45) is 8.52. The molecule has 0 nitrogen and oxygen atoms in total. The van der Waals surface area contributed by atoms with E-state index in [0.29, 0.717) is 0 Å². The molecule has 2 aromatic carbocycles. The molecule has 142 valence electrons. The zero-order chi connectivity index (χ0) is 16.1. The molecule has 0 atom stereocenters. The van der Waals surface area contributed by atoms with Crippen molar-refractivity contribution in [1.29, 1.82) is 0 Å². The molecule has 1 aliphatic carbocycles. The van der Waals surface area contributed by atoms with Crippen LogP contribution in [0.3, 0.4) is 0 Å². The third kappa shape index (κ3) is 7.57. The molecule has 0 aromatic heterocycles. The maximum atomic E-state index is 3.69. The largest absolute Gasteiger partial charge is 4.00 e. The van der Waals surface area contributed by atoms with Crippen molar-refractivity contribution in [2.24, 2.45) is 0 Å². The van der Waals surface area contributed by atoms with Crippen LogP contribution in [0.4, 0.5) is 0 Å². The predicted octanol–water partition coefficient (Wildman–Crippen LogP) is -4.78. The summed E-state index contributed by atoms with van der Waals surface area (Å²) in [5, 5.41) is 4.74. The molecule has 27 heavy (non-hydrogen) atoms. The van der Waals surface area contributed by atoms with Crippen LogP contribution < -0.4 is 47.6 Å². The van der Waals surface area contributed by atoms with Crippen LogP contribution >= 0.6 is 0 Å². The Hall–Kier alpha value is -0.279. The fourth-order valence-electron chi connectivity index (χ4n) is 3.51. The summed E-state index contributed by atoms with van der Waals surface area (Å²) in [6.45, 7) is 4.51. The van der Waals surface area contributed by atoms with Crippen LogP contribution in [0, 0.1) is 6.08 Å². The first-order chi connectivity index (χ1) is 11.3. The molecule has 0 heterocycles. The van der Waals surface area contributed by atoms with Gasteiger partial charge in [0.2, 0.25) is 0 Å². The second-order valence-electron chi connectivity index (χ2n) is 6.44. The first-order valence-corrected chi connectivity index (χ1v) is 10.4. The Bertz CT molecular complexity index is 675. The van der Waals surface area contributed by atoms with E-state index < -0.39 is 8.80 Å². The number of halogens is 3. The Labute approximate surface area is 199 Å². The minimum atomic E-state index is -1.35. The molecule has 0 saturated carbocycles. The monoisotopic (exact) mass is 470 g/mol. The molecular formula is C22H25Cl3SiTi. The maximum Gasteiger partial charge on any atom is 4.00 e. The van der Waals surface area contributed by atoms with Gasteiger partial charge in [-0.2, -0.15) is 5.57 Å². The summed E-state index contributed by atoms with van der Waals surface area (Å²) in [4.78, 5) is 0. The van der Waals surface area contributed by atoms with Gasteiger partial charge in [-0.3, -0.25) is 0 Å². The van der Waals surface area contributed by atoms with Crippen molar-refractivity contribution in [3.05, 3.63) is 83.1 Å². The van der Waals surface area contributed by atoms with E-state index in [1.54, 1.807) is 5.20 Å². The minimum Gasteiger partial charge on any atom is -1.00 e. The van der Waals surface area contributed by atoms with E-state index in [2.05, 4.69) is 80.6 Å². The smallest absolute Gasteiger partial charge is 1.00 e. The normalized spacial score (nSPS) is 12.3. The summed E-state index contributed by atoms with van der Waals surface area (Å²) in [6, 6.07) is 22.3. The van der Waals surface area contributed by atoms with Crippen LogP contribution in [0.2, 0.25) is 0 Å². The van der Waals surface area contributed by atoms with Crippen LogP contribution in [-0.2, 0) is 21.7 Å². The molecule has 2 aromatic rings. The average Bonchev–Trinajstić information content (AvgIpc) is 2.95. The molecule has 0 radical (unpaired) electrons. The van der Waals surface area contributed by atoms with Gasteiger partial charge < -0.3 is 37.2 Å². The Morgan fingerprint density at radius 1 is 0.852 bits per heavy atom. The molecule has 0 fully saturated rings. The first kappa shape index (κ1) is 28.9. The summed E-state index contributed by atoms with van der Waals surface area (Å²) >= 11 is 0. The molecule has 0 spiro atoms. The van der Waals surface area contributed by atoms with Gasteiger partial charge in [-0.05, 0) is 0 Å². The Morgan fingerprint density at radius 3 is 1.78 bits per heavy atom. The molecule has 0 amide bonds. The first-order valence-electron chi connectivity index (χ1n) is 8.71. The maximum absolute atomic E-state index is 3.69. The second-order valence-corrected chi connectivity index (χ2v) is 9.34. The molecule has 3 rings (SSSR count). The van der Waals surface area contributed by atoms with E-state index in [1.807, 2.05) is 0 Å². The van der Waals surface area contributed by atoms with Crippen molar-refractivity contribution in [3.63, 3.8) is 0 Å². The van der Waals surface area contributed by atoms with Gasteiger partial charge in [-0.25, -0.2) is 16.8 Å². The van der Waals surface area contributed by atoms with Gasteiger partial charge in [-0.15, -0.1) is 0 Å². The van der Waals surface area contributed by atoms with Gasteiger partial charge in [0.25, 0.3) is 0 Å². The topological polar surface area (TPSA) is 0 Å². The predicted molar refractivity (Wildman–Crippen MR) is 103 cm³/mol. The van der Waals surface area contributed by atoms with Crippen LogP contribution in [0.5, 0.6) is 0 Å². The van der Waals surface area contributed by atoms with E-state index in [9.17, 15) is 0 Å². The van der Waals surface area contributed by atoms with Crippen molar-refractivity contribution >= 4 is 19.2 Å². The molecule has 5 heteroatoms. The summed E-state index contributed by atoms with van der Waals surface area (Å²) in [5.41, 5.74) is 2.92. The number of rotatable bonds is 6. The Kier molecular flexibility index (Phi) is 15.7. The Balaban J connectivity index is 0. The minimum absolute atomic E-state index is 0. The van der Waals surface area contributed by atoms with Crippen molar-refractivity contribution in [1.82, 2.24) is 0 Å². The number of allylic oxidation sites excluding steroid dienone is 4. The SMILES string of the molecule is CCCCC1=C([SiH](c2ccccc2)c2ccccc2)CC(C)=[C-]1.[Cl-].[Cl-].[Cl-].[Ti+4]. The van der Waals surface area contributed by atoms with E-state index in [0.717, 1.165) is 6.42 Å². The van der Waals surface area contributed by atoms with E-state index in [-0.39, 0.29) is 58.9 Å². The molecular weight excluding hydrogens is 447 g/mol. The number of hydrogen-bond donors (Lipinski definition) is 0. The van der Waals surface area contributed by atoms with Crippen molar-refractivity contribution in [3.8, 4) is 0 Å². The van der Waals surface area contributed by atoms with Gasteiger partial charge in [0.15, 0.2) is 0 Å². The van der Waals surface area contributed by atoms with E-state index in [1.165, 1.54) is 40.8 Å². The molecule has 0 bridgehead atoms. The Morgan fingerprint density at radius 2 is 1.33 bits per heavy atom. The molecule has 0 unspecified atom stereocenters. The number of hydrogen-bond acceptors (Lipinski definition) is 0. The van der Waals surface area contributed by atoms with Gasteiger partial charge in [0.1, 0.15) is 0 Å². The second kappa shape index (κ2) is 14.7. The van der Waals surface area contributed by atoms with Crippen LogP contribution in [-0.4, -0.2) is 8.80 Å². The zero-order valence-electron chi connectivity index (χ0n) is 15.8. The molecule has 0 aliphatic heterocycles. The van der Waals surface area contributed by atoms with Crippen LogP contribution in [0.15, 0.2) is 77.0 Å². The zero-order valence-corrected chi connectivity index (χ0v) is 20.8. The van der Waals surface area contributed by atoms with E-state index >= 15 is 0 Å². The molecule has 0 N–H and O–H groups in total. The van der Waals surface area contributed by atoms with Crippen molar-refractivity contribution in [2.75, 3.05) is 0 Å². The van der Waals surface area contributed by atoms with E-state index in [4.69, 9.17) is 0 Å².